The molecule has 0 N–H and O–H groups in total. The summed E-state index contributed by atoms with van der Waals surface area (Å²) < 4.78 is 4.72. The highest BCUT2D eigenvalue weighted by atomic mass is 15.1. The number of para-hydroxylation sites is 2. The number of hydrogen-bond acceptors (Lipinski definition) is 1. The summed E-state index contributed by atoms with van der Waals surface area (Å²) in [5.74, 6) is 0.852. The van der Waals surface area contributed by atoms with Gasteiger partial charge in [-0.3, -0.25) is 4.57 Å². The number of benzene rings is 7. The molecule has 0 radical (unpaired) electrons. The minimum atomic E-state index is 0.852. The summed E-state index contributed by atoms with van der Waals surface area (Å²) >= 11 is 0. The fourth-order valence-corrected chi connectivity index (χ4v) is 8.84. The number of nitrogens with zero attached hydrogens (tertiary/aromatic N) is 3. The van der Waals surface area contributed by atoms with Crippen LogP contribution in [-0.4, -0.2) is 14.0 Å². The van der Waals surface area contributed by atoms with Crippen molar-refractivity contribution in [1.29, 1.82) is 0 Å². The van der Waals surface area contributed by atoms with Crippen LogP contribution in [0, 0.1) is 0 Å². The number of fused-ring (bicyclic) bond motifs is 8. The number of allylic oxidation sites excluding steroid dienone is 1. The highest BCUT2D eigenvalue weighted by Crippen LogP contribution is 2.38. The molecule has 11 rings (SSSR count). The summed E-state index contributed by atoms with van der Waals surface area (Å²) in [4.78, 5) is 5.55. The van der Waals surface area contributed by atoms with Crippen molar-refractivity contribution in [2.24, 2.45) is 0 Å². The molecule has 7 aromatic carbocycles. The maximum absolute atomic E-state index is 5.55. The normalized spacial score (nSPS) is 12.0. The van der Waals surface area contributed by atoms with Crippen molar-refractivity contribution in [2.75, 3.05) is 0 Å². The Labute approximate surface area is 336 Å². The van der Waals surface area contributed by atoms with Crippen molar-refractivity contribution in [3.05, 3.63) is 211 Å². The van der Waals surface area contributed by atoms with Crippen LogP contribution in [0.1, 0.15) is 0 Å². The Hall–Kier alpha value is -7.75. The molecule has 0 bridgehead atoms. The molecule has 0 spiro atoms. The Morgan fingerprint density at radius 2 is 1.00 bits per heavy atom. The topological polar surface area (TPSA) is 22.2 Å². The zero-order valence-electron chi connectivity index (χ0n) is 31.8. The molecule has 4 heterocycles. The lowest BCUT2D eigenvalue weighted by Crippen LogP contribution is -2.26. The molecule has 4 aromatic heterocycles. The first-order valence-electron chi connectivity index (χ1n) is 19.7. The third-order valence-electron chi connectivity index (χ3n) is 11.6. The third kappa shape index (κ3) is 5.40. The van der Waals surface area contributed by atoms with Gasteiger partial charge in [0.15, 0.2) is 0 Å². The molecule has 0 fully saturated rings. The maximum atomic E-state index is 5.55. The number of aromatic nitrogens is 3. The fourth-order valence-electron chi connectivity index (χ4n) is 8.84. The SMILES string of the molecule is C=C/C=c1\c(=C)c2cc3ccccc3n2c2cc3c4ccccc4n(-c4cc(-c5cccc(-c6ccccc6)c5)cc(-c5cccc(-c6ccccc6)c5)n4)c3cc12. The van der Waals surface area contributed by atoms with E-state index in [9.17, 15) is 0 Å². The summed E-state index contributed by atoms with van der Waals surface area (Å²) in [6.07, 6.45) is 3.96. The Bertz CT molecular complexity index is 3430. The van der Waals surface area contributed by atoms with E-state index in [1.165, 1.54) is 27.5 Å². The van der Waals surface area contributed by atoms with Crippen LogP contribution in [0.3, 0.4) is 0 Å². The maximum Gasteiger partial charge on any atom is 0.138 e. The molecule has 0 unspecified atom stereocenters. The number of rotatable bonds is 6. The lowest BCUT2D eigenvalue weighted by Gasteiger charge is -2.15. The minimum Gasteiger partial charge on any atom is -0.309 e. The lowest BCUT2D eigenvalue weighted by molar-refractivity contribution is 1.08. The zero-order chi connectivity index (χ0) is 38.7. The molecule has 0 saturated carbocycles. The Balaban J connectivity index is 1.22. The smallest absolute Gasteiger partial charge is 0.138 e. The van der Waals surface area contributed by atoms with Gasteiger partial charge in [0.2, 0.25) is 0 Å². The second-order valence-corrected chi connectivity index (χ2v) is 15.0. The van der Waals surface area contributed by atoms with Gasteiger partial charge in [-0.05, 0) is 98.4 Å². The molecule has 58 heavy (non-hydrogen) atoms. The fraction of sp³-hybridized carbons (Fsp3) is 0. The van der Waals surface area contributed by atoms with Crippen LogP contribution in [-0.2, 0) is 0 Å². The van der Waals surface area contributed by atoms with E-state index in [1.807, 2.05) is 6.08 Å². The van der Waals surface area contributed by atoms with Crippen molar-refractivity contribution in [3.63, 3.8) is 0 Å². The first kappa shape index (κ1) is 33.6. The predicted octanol–water partition coefficient (Wildman–Crippen LogP) is 12.8. The van der Waals surface area contributed by atoms with E-state index < -0.39 is 0 Å². The van der Waals surface area contributed by atoms with Crippen LogP contribution in [0.15, 0.2) is 201 Å². The van der Waals surface area contributed by atoms with Crippen molar-refractivity contribution in [1.82, 2.24) is 14.0 Å². The monoisotopic (exact) mass is 739 g/mol. The van der Waals surface area contributed by atoms with Crippen LogP contribution in [0.4, 0.5) is 0 Å². The van der Waals surface area contributed by atoms with Gasteiger partial charge in [0.25, 0.3) is 0 Å². The number of pyridine rings is 2. The first-order valence-corrected chi connectivity index (χ1v) is 19.7. The standard InChI is InChI=1S/C55H37N3/c1-3-16-45-36(2)52-32-43-21-10-12-27-50(43)57(52)53-35-48-46-26-11-13-28-51(46)58(54(48)34-47(45)53)55-33-44(41-24-14-22-39(29-41)37-17-6-4-7-18-37)31-49(56-55)42-25-15-23-40(30-42)38-19-8-5-9-20-38/h3-35H,1-2H2/b45-16+. The van der Waals surface area contributed by atoms with Gasteiger partial charge >= 0.3 is 0 Å². The van der Waals surface area contributed by atoms with Crippen LogP contribution in [0.5, 0.6) is 0 Å². The van der Waals surface area contributed by atoms with E-state index in [4.69, 9.17) is 4.98 Å². The first-order chi connectivity index (χ1) is 28.6. The molecule has 0 atom stereocenters. The van der Waals surface area contributed by atoms with E-state index in [2.05, 4.69) is 216 Å². The van der Waals surface area contributed by atoms with Gasteiger partial charge < -0.3 is 4.40 Å². The molecule has 0 saturated heterocycles. The van der Waals surface area contributed by atoms with Crippen molar-refractivity contribution in [2.45, 2.75) is 0 Å². The molecule has 0 amide bonds. The van der Waals surface area contributed by atoms with Gasteiger partial charge in [0.1, 0.15) is 5.82 Å². The van der Waals surface area contributed by atoms with Crippen molar-refractivity contribution < 1.29 is 0 Å². The lowest BCUT2D eigenvalue weighted by atomic mass is 9.97. The van der Waals surface area contributed by atoms with Crippen LogP contribution in [0.25, 0.3) is 112 Å². The summed E-state index contributed by atoms with van der Waals surface area (Å²) in [7, 11) is 0. The largest absolute Gasteiger partial charge is 0.309 e. The van der Waals surface area contributed by atoms with Gasteiger partial charge in [-0.1, -0.05) is 159 Å². The molecular formula is C55H37N3. The average Bonchev–Trinajstić information content (AvgIpc) is 3.84. The molecule has 0 aliphatic heterocycles. The number of hydrogen-bond donors (Lipinski definition) is 0. The highest BCUT2D eigenvalue weighted by molar-refractivity contribution is 6.14. The highest BCUT2D eigenvalue weighted by Gasteiger charge is 2.19. The van der Waals surface area contributed by atoms with E-state index in [1.54, 1.807) is 0 Å². The molecule has 272 valence electrons. The predicted molar refractivity (Wildman–Crippen MR) is 246 cm³/mol. The van der Waals surface area contributed by atoms with Gasteiger partial charge in [-0.15, -0.1) is 0 Å². The molecular weight excluding hydrogens is 703 g/mol. The minimum absolute atomic E-state index is 0.852. The average molecular weight is 740 g/mol. The molecule has 11 aromatic rings. The van der Waals surface area contributed by atoms with Gasteiger partial charge in [-0.2, -0.15) is 0 Å². The molecule has 0 aliphatic rings. The van der Waals surface area contributed by atoms with Gasteiger partial charge in [0.05, 0.1) is 33.3 Å². The Kier molecular flexibility index (Phi) is 7.80. The third-order valence-corrected chi connectivity index (χ3v) is 11.6. The zero-order valence-corrected chi connectivity index (χ0v) is 31.8. The van der Waals surface area contributed by atoms with E-state index in [0.29, 0.717) is 0 Å². The van der Waals surface area contributed by atoms with Crippen molar-refractivity contribution >= 4 is 61.8 Å². The summed E-state index contributed by atoms with van der Waals surface area (Å²) in [6.45, 7) is 8.76. The van der Waals surface area contributed by atoms with Crippen LogP contribution >= 0.6 is 0 Å². The quantitative estimate of drug-likeness (QED) is 0.166. The Morgan fingerprint density at radius 1 is 0.414 bits per heavy atom. The van der Waals surface area contributed by atoms with Gasteiger partial charge in [-0.25, -0.2) is 4.98 Å². The van der Waals surface area contributed by atoms with E-state index in [-0.39, 0.29) is 0 Å². The molecule has 0 aliphatic carbocycles. The van der Waals surface area contributed by atoms with Gasteiger partial charge in [0, 0.05) is 27.1 Å². The molecule has 3 heteroatoms. The van der Waals surface area contributed by atoms with E-state index in [0.717, 1.165) is 82.6 Å². The second-order valence-electron chi connectivity index (χ2n) is 15.0. The second kappa shape index (κ2) is 13.5. The van der Waals surface area contributed by atoms with E-state index >= 15 is 0 Å². The van der Waals surface area contributed by atoms with Crippen molar-refractivity contribution in [3.8, 4) is 50.5 Å². The van der Waals surface area contributed by atoms with Crippen LogP contribution in [0.2, 0.25) is 0 Å². The summed E-state index contributed by atoms with van der Waals surface area (Å²) in [6, 6.07) is 67.4. The molecule has 3 nitrogen and oxygen atoms in total. The summed E-state index contributed by atoms with van der Waals surface area (Å²) in [5, 5.41) is 6.67. The van der Waals surface area contributed by atoms with Crippen LogP contribution < -0.4 is 10.4 Å². The Morgan fingerprint density at radius 3 is 1.72 bits per heavy atom. The summed E-state index contributed by atoms with van der Waals surface area (Å²) in [5.41, 5.74) is 14.4.